The highest BCUT2D eigenvalue weighted by molar-refractivity contribution is 5.92. The third-order valence-electron chi connectivity index (χ3n) is 2.40. The van der Waals surface area contributed by atoms with Gasteiger partial charge in [0.1, 0.15) is 11.9 Å². The highest BCUT2D eigenvalue weighted by Crippen LogP contribution is 2.11. The molecule has 0 aliphatic heterocycles. The Hall–Kier alpha value is -2.51. The van der Waals surface area contributed by atoms with Crippen LogP contribution in [0.2, 0.25) is 0 Å². The largest absolute Gasteiger partial charge is 0.478 e. The van der Waals surface area contributed by atoms with Gasteiger partial charge in [0.25, 0.3) is 0 Å². The Morgan fingerprint density at radius 2 is 2.28 bits per heavy atom. The number of nitrogens with one attached hydrogen (secondary N) is 1. The smallest absolute Gasteiger partial charge is 0.339 e. The summed E-state index contributed by atoms with van der Waals surface area (Å²) in [6, 6.07) is 1.39. The summed E-state index contributed by atoms with van der Waals surface area (Å²) < 4.78 is 1.85. The molecule has 0 amide bonds. The van der Waals surface area contributed by atoms with Crippen LogP contribution in [0.4, 0.5) is 5.82 Å². The van der Waals surface area contributed by atoms with Crippen LogP contribution in [0.15, 0.2) is 18.6 Å². The van der Waals surface area contributed by atoms with Crippen molar-refractivity contribution in [2.75, 3.05) is 5.32 Å². The van der Waals surface area contributed by atoms with Gasteiger partial charge in [0.15, 0.2) is 11.6 Å². The molecule has 2 N–H and O–H groups in total. The van der Waals surface area contributed by atoms with Crippen LogP contribution in [0.5, 0.6) is 0 Å². The lowest BCUT2D eigenvalue weighted by atomic mass is 10.3. The Morgan fingerprint density at radius 3 is 3.00 bits per heavy atom. The third kappa shape index (κ3) is 2.42. The molecule has 0 spiro atoms. The van der Waals surface area contributed by atoms with Crippen LogP contribution in [0.25, 0.3) is 0 Å². The number of rotatable bonds is 5. The van der Waals surface area contributed by atoms with E-state index in [-0.39, 0.29) is 11.4 Å². The van der Waals surface area contributed by atoms with Gasteiger partial charge in [-0.15, -0.1) is 15.3 Å². The minimum absolute atomic E-state index is 0.0764. The molecule has 2 aromatic rings. The monoisotopic (exact) mass is 248 g/mol. The Kier molecular flexibility index (Phi) is 3.46. The summed E-state index contributed by atoms with van der Waals surface area (Å²) in [7, 11) is 0. The molecular formula is C10H12N6O2. The first-order chi connectivity index (χ1) is 8.72. The van der Waals surface area contributed by atoms with E-state index in [0.717, 1.165) is 6.54 Å². The Bertz CT molecular complexity index is 553. The first kappa shape index (κ1) is 12.0. The van der Waals surface area contributed by atoms with Crippen LogP contribution in [0.3, 0.4) is 0 Å². The van der Waals surface area contributed by atoms with E-state index in [1.165, 1.54) is 12.3 Å². The van der Waals surface area contributed by atoms with Crippen molar-refractivity contribution in [2.45, 2.75) is 20.0 Å². The lowest BCUT2D eigenvalue weighted by molar-refractivity contribution is 0.0697. The van der Waals surface area contributed by atoms with Gasteiger partial charge in [-0.1, -0.05) is 0 Å². The summed E-state index contributed by atoms with van der Waals surface area (Å²) in [5, 5.41) is 27.0. The second kappa shape index (κ2) is 5.21. The number of carboxylic acid groups (broad SMARTS) is 1. The van der Waals surface area contributed by atoms with Crippen molar-refractivity contribution < 1.29 is 9.90 Å². The molecule has 2 heterocycles. The van der Waals surface area contributed by atoms with Crippen molar-refractivity contribution in [1.29, 1.82) is 0 Å². The predicted molar refractivity (Wildman–Crippen MR) is 62.0 cm³/mol. The molecule has 0 saturated carbocycles. The van der Waals surface area contributed by atoms with Crippen LogP contribution >= 0.6 is 0 Å². The first-order valence-electron chi connectivity index (χ1n) is 5.38. The fourth-order valence-electron chi connectivity index (χ4n) is 1.48. The molecule has 0 unspecified atom stereocenters. The van der Waals surface area contributed by atoms with Gasteiger partial charge in [-0.25, -0.2) is 4.79 Å². The number of aryl methyl sites for hydroxylation is 1. The molecule has 8 nitrogen and oxygen atoms in total. The predicted octanol–water partition coefficient (Wildman–Crippen LogP) is 0.398. The van der Waals surface area contributed by atoms with Crippen LogP contribution < -0.4 is 5.32 Å². The summed E-state index contributed by atoms with van der Waals surface area (Å²) in [4.78, 5) is 11.0. The number of carboxylic acids is 1. The van der Waals surface area contributed by atoms with E-state index in [1.54, 1.807) is 6.33 Å². The first-order valence-corrected chi connectivity index (χ1v) is 5.38. The molecule has 0 aliphatic carbocycles. The molecule has 0 atom stereocenters. The number of hydrogen-bond donors (Lipinski definition) is 2. The quantitative estimate of drug-likeness (QED) is 0.788. The summed E-state index contributed by atoms with van der Waals surface area (Å²) >= 11 is 0. The van der Waals surface area contributed by atoms with Crippen molar-refractivity contribution in [1.82, 2.24) is 25.0 Å². The standard InChI is InChI=1S/C10H12N6O2/c1-2-16-6-13-14-8(16)5-11-9-7(10(17)18)3-4-12-15-9/h3-4,6H,2,5H2,1H3,(H,11,15)(H,17,18). The number of carbonyl (C=O) groups is 1. The van der Waals surface area contributed by atoms with E-state index in [0.29, 0.717) is 12.4 Å². The number of aromatic nitrogens is 5. The third-order valence-corrected chi connectivity index (χ3v) is 2.40. The summed E-state index contributed by atoms with van der Waals surface area (Å²) in [6.45, 7) is 3.06. The maximum atomic E-state index is 11.0. The molecule has 0 saturated heterocycles. The molecule has 94 valence electrons. The number of nitrogens with zero attached hydrogens (tertiary/aromatic N) is 5. The molecule has 2 aromatic heterocycles. The lowest BCUT2D eigenvalue weighted by Crippen LogP contribution is -2.12. The van der Waals surface area contributed by atoms with Gasteiger partial charge < -0.3 is 15.0 Å². The zero-order valence-electron chi connectivity index (χ0n) is 9.74. The molecule has 18 heavy (non-hydrogen) atoms. The lowest BCUT2D eigenvalue weighted by Gasteiger charge is -2.07. The maximum absolute atomic E-state index is 11.0. The van der Waals surface area contributed by atoms with Crippen LogP contribution in [0, 0.1) is 0 Å². The molecular weight excluding hydrogens is 236 g/mol. The summed E-state index contributed by atoms with van der Waals surface area (Å²) in [6.07, 6.45) is 2.95. The minimum Gasteiger partial charge on any atom is -0.478 e. The normalized spacial score (nSPS) is 10.3. The topological polar surface area (TPSA) is 106 Å². The number of aromatic carboxylic acids is 1. The molecule has 0 bridgehead atoms. The van der Waals surface area contributed by atoms with E-state index in [1.807, 2.05) is 11.5 Å². The van der Waals surface area contributed by atoms with Crippen molar-refractivity contribution >= 4 is 11.8 Å². The van der Waals surface area contributed by atoms with Crippen LogP contribution in [0.1, 0.15) is 23.1 Å². The zero-order valence-corrected chi connectivity index (χ0v) is 9.74. The maximum Gasteiger partial charge on any atom is 0.339 e. The van der Waals surface area contributed by atoms with E-state index >= 15 is 0 Å². The second-order valence-corrected chi connectivity index (χ2v) is 3.49. The molecule has 2 rings (SSSR count). The SMILES string of the molecule is CCn1cnnc1CNc1nnccc1C(=O)O. The second-order valence-electron chi connectivity index (χ2n) is 3.49. The average Bonchev–Trinajstić information content (AvgIpc) is 2.84. The van der Waals surface area contributed by atoms with E-state index in [4.69, 9.17) is 5.11 Å². The van der Waals surface area contributed by atoms with Gasteiger partial charge in [-0.2, -0.15) is 5.10 Å². The van der Waals surface area contributed by atoms with Crippen molar-refractivity contribution in [3.8, 4) is 0 Å². The van der Waals surface area contributed by atoms with Crippen molar-refractivity contribution in [3.05, 3.63) is 30.0 Å². The van der Waals surface area contributed by atoms with Gasteiger partial charge in [-0.05, 0) is 13.0 Å². The Balaban J connectivity index is 2.13. The Labute approximate surface area is 103 Å². The van der Waals surface area contributed by atoms with Crippen molar-refractivity contribution in [2.24, 2.45) is 0 Å². The fourth-order valence-corrected chi connectivity index (χ4v) is 1.48. The van der Waals surface area contributed by atoms with Gasteiger partial charge in [-0.3, -0.25) is 0 Å². The molecule has 0 aliphatic rings. The van der Waals surface area contributed by atoms with E-state index in [9.17, 15) is 4.79 Å². The van der Waals surface area contributed by atoms with E-state index in [2.05, 4.69) is 25.7 Å². The van der Waals surface area contributed by atoms with Gasteiger partial charge in [0.05, 0.1) is 12.7 Å². The number of hydrogen-bond acceptors (Lipinski definition) is 6. The van der Waals surface area contributed by atoms with Crippen LogP contribution in [-0.2, 0) is 13.1 Å². The summed E-state index contributed by atoms with van der Waals surface area (Å²) in [5.41, 5.74) is 0.0764. The molecule has 0 fully saturated rings. The number of anilines is 1. The molecule has 0 radical (unpaired) electrons. The van der Waals surface area contributed by atoms with Gasteiger partial charge >= 0.3 is 5.97 Å². The van der Waals surface area contributed by atoms with Gasteiger partial charge in [0.2, 0.25) is 0 Å². The molecule has 8 heteroatoms. The average molecular weight is 248 g/mol. The summed E-state index contributed by atoms with van der Waals surface area (Å²) in [5.74, 6) is -0.125. The highest BCUT2D eigenvalue weighted by Gasteiger charge is 2.12. The minimum atomic E-state index is -1.05. The van der Waals surface area contributed by atoms with E-state index < -0.39 is 5.97 Å². The fraction of sp³-hybridized carbons (Fsp3) is 0.300. The zero-order chi connectivity index (χ0) is 13.0. The Morgan fingerprint density at radius 1 is 1.44 bits per heavy atom. The van der Waals surface area contributed by atoms with Gasteiger partial charge in [0, 0.05) is 6.54 Å². The van der Waals surface area contributed by atoms with Crippen molar-refractivity contribution in [3.63, 3.8) is 0 Å². The molecule has 0 aromatic carbocycles. The highest BCUT2D eigenvalue weighted by atomic mass is 16.4. The van der Waals surface area contributed by atoms with Crippen LogP contribution in [-0.4, -0.2) is 36.0 Å².